The molecule has 1 aromatic carbocycles. The van der Waals surface area contributed by atoms with Gasteiger partial charge in [0.25, 0.3) is 0 Å². The van der Waals surface area contributed by atoms with Crippen molar-refractivity contribution in [3.8, 4) is 5.75 Å². The van der Waals surface area contributed by atoms with Crippen LogP contribution in [0.15, 0.2) is 24.3 Å². The molecular formula is C15H20ClN3O. The lowest BCUT2D eigenvalue weighted by molar-refractivity contribution is 0.340. The molecular weight excluding hydrogens is 274 g/mol. The molecule has 0 saturated heterocycles. The predicted molar refractivity (Wildman–Crippen MR) is 81.1 cm³/mol. The van der Waals surface area contributed by atoms with Gasteiger partial charge in [0.05, 0.1) is 23.0 Å². The summed E-state index contributed by atoms with van der Waals surface area (Å²) in [5.41, 5.74) is 3.06. The Bertz CT molecular complexity index is 580. The maximum absolute atomic E-state index is 6.22. The van der Waals surface area contributed by atoms with Crippen molar-refractivity contribution in [1.29, 1.82) is 0 Å². The molecule has 2 aromatic rings. The van der Waals surface area contributed by atoms with Gasteiger partial charge in [0.1, 0.15) is 5.75 Å². The molecule has 1 N–H and O–H groups in total. The third kappa shape index (κ3) is 3.52. The summed E-state index contributed by atoms with van der Waals surface area (Å²) < 4.78 is 7.31. The molecule has 0 unspecified atom stereocenters. The molecule has 0 aliphatic heterocycles. The average Bonchev–Trinajstić information content (AvgIpc) is 2.66. The van der Waals surface area contributed by atoms with Gasteiger partial charge in [-0.05, 0) is 31.5 Å². The zero-order chi connectivity index (χ0) is 14.5. The molecule has 0 aliphatic rings. The van der Waals surface area contributed by atoms with E-state index in [9.17, 15) is 0 Å². The Morgan fingerprint density at radius 1 is 1.35 bits per heavy atom. The third-order valence-corrected chi connectivity index (χ3v) is 3.58. The fourth-order valence-electron chi connectivity index (χ4n) is 2.11. The second-order valence-corrected chi connectivity index (χ2v) is 5.03. The van der Waals surface area contributed by atoms with Crippen LogP contribution < -0.4 is 10.1 Å². The predicted octanol–water partition coefficient (Wildman–Crippen LogP) is 3.07. The number of nitrogens with one attached hydrogen (secondary N) is 1. The number of hydrogen-bond acceptors (Lipinski definition) is 3. The molecule has 1 heterocycles. The molecule has 0 fully saturated rings. The molecule has 20 heavy (non-hydrogen) atoms. The van der Waals surface area contributed by atoms with E-state index in [-0.39, 0.29) is 0 Å². The van der Waals surface area contributed by atoms with E-state index >= 15 is 0 Å². The quantitative estimate of drug-likeness (QED) is 0.890. The molecule has 108 valence electrons. The number of nitrogens with zero attached hydrogens (tertiary/aromatic N) is 2. The molecule has 0 spiro atoms. The van der Waals surface area contributed by atoms with Crippen molar-refractivity contribution in [2.24, 2.45) is 7.05 Å². The minimum atomic E-state index is 0.681. The van der Waals surface area contributed by atoms with Crippen LogP contribution in [0.3, 0.4) is 0 Å². The van der Waals surface area contributed by atoms with Gasteiger partial charge >= 0.3 is 0 Å². The van der Waals surface area contributed by atoms with E-state index in [0.717, 1.165) is 28.7 Å². The van der Waals surface area contributed by atoms with Crippen molar-refractivity contribution in [3.05, 3.63) is 46.2 Å². The maximum atomic E-state index is 6.22. The first-order valence-corrected chi connectivity index (χ1v) is 7.10. The van der Waals surface area contributed by atoms with Crippen molar-refractivity contribution in [1.82, 2.24) is 15.1 Å². The standard InChI is InChI=1S/C15H20ClN3O/c1-4-20-13-7-5-6-12(8-13)9-17-10-14-15(16)11(2)18-19(14)3/h5-8,17H,4,9-10H2,1-3H3. The Morgan fingerprint density at radius 2 is 2.15 bits per heavy atom. The lowest BCUT2D eigenvalue weighted by atomic mass is 10.2. The Kier molecular flexibility index (Phi) is 5.04. The molecule has 2 rings (SSSR count). The topological polar surface area (TPSA) is 39.1 Å². The van der Waals surface area contributed by atoms with Crippen LogP contribution in [0, 0.1) is 6.92 Å². The molecule has 0 radical (unpaired) electrons. The highest BCUT2D eigenvalue weighted by atomic mass is 35.5. The highest BCUT2D eigenvalue weighted by Crippen LogP contribution is 2.19. The summed E-state index contributed by atoms with van der Waals surface area (Å²) >= 11 is 6.22. The molecule has 4 nitrogen and oxygen atoms in total. The summed E-state index contributed by atoms with van der Waals surface area (Å²) in [6, 6.07) is 8.09. The lowest BCUT2D eigenvalue weighted by Crippen LogP contribution is -2.15. The van der Waals surface area contributed by atoms with Crippen LogP contribution in [-0.2, 0) is 20.1 Å². The fraction of sp³-hybridized carbons (Fsp3) is 0.400. The first-order valence-electron chi connectivity index (χ1n) is 6.72. The Balaban J connectivity index is 1.94. The van der Waals surface area contributed by atoms with E-state index in [0.29, 0.717) is 13.2 Å². The molecule has 0 amide bonds. The number of benzene rings is 1. The molecule has 1 aromatic heterocycles. The second-order valence-electron chi connectivity index (χ2n) is 4.65. The van der Waals surface area contributed by atoms with Gasteiger partial charge in [-0.25, -0.2) is 0 Å². The smallest absolute Gasteiger partial charge is 0.119 e. The van der Waals surface area contributed by atoms with Crippen molar-refractivity contribution < 1.29 is 4.74 Å². The maximum Gasteiger partial charge on any atom is 0.119 e. The van der Waals surface area contributed by atoms with Crippen molar-refractivity contribution in [3.63, 3.8) is 0 Å². The van der Waals surface area contributed by atoms with E-state index in [1.807, 2.05) is 43.8 Å². The van der Waals surface area contributed by atoms with Gasteiger partial charge in [-0.15, -0.1) is 0 Å². The summed E-state index contributed by atoms with van der Waals surface area (Å²) in [6.45, 7) is 6.03. The van der Waals surface area contributed by atoms with E-state index < -0.39 is 0 Å². The Hall–Kier alpha value is -1.52. The number of hydrogen-bond donors (Lipinski definition) is 1. The number of rotatable bonds is 6. The van der Waals surface area contributed by atoms with Gasteiger partial charge < -0.3 is 10.1 Å². The Labute approximate surface area is 124 Å². The minimum absolute atomic E-state index is 0.681. The lowest BCUT2D eigenvalue weighted by Gasteiger charge is -2.08. The molecule has 5 heteroatoms. The second kappa shape index (κ2) is 6.77. The Morgan fingerprint density at radius 3 is 2.80 bits per heavy atom. The zero-order valence-corrected chi connectivity index (χ0v) is 12.9. The van der Waals surface area contributed by atoms with Crippen molar-refractivity contribution >= 4 is 11.6 Å². The zero-order valence-electron chi connectivity index (χ0n) is 12.1. The average molecular weight is 294 g/mol. The summed E-state index contributed by atoms with van der Waals surface area (Å²) in [5.74, 6) is 0.904. The van der Waals surface area contributed by atoms with Gasteiger partial charge in [0.15, 0.2) is 0 Å². The number of ether oxygens (including phenoxy) is 1. The monoisotopic (exact) mass is 293 g/mol. The largest absolute Gasteiger partial charge is 0.494 e. The third-order valence-electron chi connectivity index (χ3n) is 3.09. The normalized spacial score (nSPS) is 10.8. The van der Waals surface area contributed by atoms with Crippen LogP contribution in [-0.4, -0.2) is 16.4 Å². The number of aryl methyl sites for hydroxylation is 2. The van der Waals surface area contributed by atoms with Gasteiger partial charge in [-0.1, -0.05) is 23.7 Å². The van der Waals surface area contributed by atoms with Crippen molar-refractivity contribution in [2.75, 3.05) is 6.61 Å². The van der Waals surface area contributed by atoms with Gasteiger partial charge in [0.2, 0.25) is 0 Å². The SMILES string of the molecule is CCOc1cccc(CNCc2c(Cl)c(C)nn2C)c1. The summed E-state index contributed by atoms with van der Waals surface area (Å²) in [7, 11) is 1.91. The van der Waals surface area contributed by atoms with Crippen LogP contribution >= 0.6 is 11.6 Å². The van der Waals surface area contributed by atoms with Crippen molar-refractivity contribution in [2.45, 2.75) is 26.9 Å². The van der Waals surface area contributed by atoms with E-state index in [1.54, 1.807) is 0 Å². The van der Waals surface area contributed by atoms with E-state index in [4.69, 9.17) is 16.3 Å². The van der Waals surface area contributed by atoms with E-state index in [2.05, 4.69) is 16.5 Å². The minimum Gasteiger partial charge on any atom is -0.494 e. The highest BCUT2D eigenvalue weighted by Gasteiger charge is 2.10. The summed E-state index contributed by atoms with van der Waals surface area (Å²) in [6.07, 6.45) is 0. The molecule has 0 aliphatic carbocycles. The number of aromatic nitrogens is 2. The van der Waals surface area contributed by atoms with Gasteiger partial charge in [0, 0.05) is 20.1 Å². The van der Waals surface area contributed by atoms with Crippen LogP contribution in [0.4, 0.5) is 0 Å². The molecule has 0 atom stereocenters. The molecule has 0 bridgehead atoms. The number of halogens is 1. The van der Waals surface area contributed by atoms with Gasteiger partial charge in [-0.3, -0.25) is 4.68 Å². The first-order chi connectivity index (χ1) is 9.61. The highest BCUT2D eigenvalue weighted by molar-refractivity contribution is 6.31. The van der Waals surface area contributed by atoms with Crippen LogP contribution in [0.1, 0.15) is 23.9 Å². The first kappa shape index (κ1) is 14.9. The van der Waals surface area contributed by atoms with Gasteiger partial charge in [-0.2, -0.15) is 5.10 Å². The molecule has 0 saturated carbocycles. The van der Waals surface area contributed by atoms with Crippen LogP contribution in [0.5, 0.6) is 5.75 Å². The summed E-state index contributed by atoms with van der Waals surface area (Å²) in [4.78, 5) is 0. The van der Waals surface area contributed by atoms with E-state index in [1.165, 1.54) is 5.56 Å². The van der Waals surface area contributed by atoms with Crippen LogP contribution in [0.2, 0.25) is 5.02 Å². The fourth-order valence-corrected chi connectivity index (χ4v) is 2.34. The van der Waals surface area contributed by atoms with Crippen LogP contribution in [0.25, 0.3) is 0 Å². The summed E-state index contributed by atoms with van der Waals surface area (Å²) in [5, 5.41) is 8.42.